The lowest BCUT2D eigenvalue weighted by atomic mass is 9.91. The largest absolute Gasteiger partial charge is 0.309 e. The Morgan fingerprint density at radius 2 is 0.793 bits per heavy atom. The number of para-hydroxylation sites is 2. The van der Waals surface area contributed by atoms with Crippen LogP contribution >= 0.6 is 0 Å². The van der Waals surface area contributed by atoms with E-state index in [9.17, 15) is 4.79 Å². The van der Waals surface area contributed by atoms with Crippen LogP contribution in [0.15, 0.2) is 211 Å². The smallest absolute Gasteiger partial charge is 0.263 e. The van der Waals surface area contributed by atoms with E-state index in [1.807, 2.05) is 28.7 Å². The molecule has 58 heavy (non-hydrogen) atoms. The maximum absolute atomic E-state index is 14.8. The summed E-state index contributed by atoms with van der Waals surface area (Å²) in [4.78, 5) is 14.8. The van der Waals surface area contributed by atoms with E-state index in [1.54, 1.807) is 0 Å². The van der Waals surface area contributed by atoms with Crippen LogP contribution in [-0.4, -0.2) is 8.97 Å². The molecule has 3 heteroatoms. The third-order valence-electron chi connectivity index (χ3n) is 12.0. The number of pyridine rings is 1. The molecule has 0 aliphatic heterocycles. The van der Waals surface area contributed by atoms with Crippen LogP contribution in [0.3, 0.4) is 0 Å². The number of fused-ring (bicyclic) bond motifs is 8. The van der Waals surface area contributed by atoms with Gasteiger partial charge in [-0.15, -0.1) is 0 Å². The Hall–Kier alpha value is -7.75. The van der Waals surface area contributed by atoms with E-state index in [0.29, 0.717) is 5.39 Å². The first-order valence-electron chi connectivity index (χ1n) is 19.8. The monoisotopic (exact) mass is 738 g/mol. The normalized spacial score (nSPS) is 11.9. The Morgan fingerprint density at radius 3 is 1.48 bits per heavy atom. The highest BCUT2D eigenvalue weighted by atomic mass is 16.1. The van der Waals surface area contributed by atoms with Crippen LogP contribution in [0, 0.1) is 0 Å². The highest BCUT2D eigenvalue weighted by Gasteiger charge is 2.23. The van der Waals surface area contributed by atoms with Crippen LogP contribution in [0.2, 0.25) is 0 Å². The molecular weight excluding hydrogens is 705 g/mol. The van der Waals surface area contributed by atoms with Gasteiger partial charge in [-0.2, -0.15) is 0 Å². The summed E-state index contributed by atoms with van der Waals surface area (Å²) in [6.45, 7) is 0. The fourth-order valence-electron chi connectivity index (χ4n) is 9.50. The number of nitrogens with zero attached hydrogens (tertiary/aromatic N) is 2. The van der Waals surface area contributed by atoms with E-state index in [-0.39, 0.29) is 5.56 Å². The zero-order valence-corrected chi connectivity index (χ0v) is 31.4. The van der Waals surface area contributed by atoms with Crippen LogP contribution in [0.1, 0.15) is 0 Å². The zero-order chi connectivity index (χ0) is 38.3. The van der Waals surface area contributed by atoms with Gasteiger partial charge >= 0.3 is 0 Å². The number of hydrogen-bond donors (Lipinski definition) is 0. The summed E-state index contributed by atoms with van der Waals surface area (Å²) >= 11 is 0. The first-order chi connectivity index (χ1) is 28.7. The molecule has 0 radical (unpaired) electrons. The molecule has 0 unspecified atom stereocenters. The second-order valence-electron chi connectivity index (χ2n) is 15.2. The molecule has 0 aliphatic rings. The van der Waals surface area contributed by atoms with Gasteiger partial charge < -0.3 is 4.57 Å². The summed E-state index contributed by atoms with van der Waals surface area (Å²) < 4.78 is 4.37. The van der Waals surface area contributed by atoms with Crippen molar-refractivity contribution in [3.63, 3.8) is 0 Å². The van der Waals surface area contributed by atoms with Gasteiger partial charge in [-0.25, -0.2) is 0 Å². The second kappa shape index (κ2) is 12.6. The Labute approximate surface area is 334 Å². The highest BCUT2D eigenvalue weighted by molar-refractivity contribution is 6.24. The number of benzene rings is 9. The third kappa shape index (κ3) is 4.77. The molecule has 0 saturated carbocycles. The van der Waals surface area contributed by atoms with Gasteiger partial charge in [0.1, 0.15) is 0 Å². The van der Waals surface area contributed by atoms with E-state index in [2.05, 4.69) is 187 Å². The van der Waals surface area contributed by atoms with E-state index >= 15 is 0 Å². The van der Waals surface area contributed by atoms with E-state index in [1.165, 1.54) is 21.8 Å². The number of hydrogen-bond acceptors (Lipinski definition) is 1. The van der Waals surface area contributed by atoms with Crippen molar-refractivity contribution in [3.8, 4) is 50.2 Å². The predicted octanol–water partition coefficient (Wildman–Crippen LogP) is 14.0. The molecule has 12 aromatic rings. The van der Waals surface area contributed by atoms with Crippen LogP contribution in [0.5, 0.6) is 0 Å². The summed E-state index contributed by atoms with van der Waals surface area (Å²) in [6.07, 6.45) is 0. The van der Waals surface area contributed by atoms with Crippen molar-refractivity contribution in [2.24, 2.45) is 0 Å². The lowest BCUT2D eigenvalue weighted by molar-refractivity contribution is 1.18. The molecule has 3 aromatic heterocycles. The summed E-state index contributed by atoms with van der Waals surface area (Å²) in [5, 5.41) is 7.35. The van der Waals surface area contributed by atoms with E-state index < -0.39 is 0 Å². The van der Waals surface area contributed by atoms with Gasteiger partial charge in [-0.1, -0.05) is 152 Å². The Morgan fingerprint density at radius 1 is 0.293 bits per heavy atom. The lowest BCUT2D eigenvalue weighted by Crippen LogP contribution is -2.13. The third-order valence-corrected chi connectivity index (χ3v) is 12.0. The molecule has 270 valence electrons. The van der Waals surface area contributed by atoms with Gasteiger partial charge in [0.15, 0.2) is 0 Å². The summed E-state index contributed by atoms with van der Waals surface area (Å²) in [6, 6.07) is 73.2. The molecule has 9 aromatic carbocycles. The predicted molar refractivity (Wildman–Crippen MR) is 243 cm³/mol. The van der Waals surface area contributed by atoms with Crippen molar-refractivity contribution in [3.05, 3.63) is 217 Å². The number of aromatic nitrogens is 2. The van der Waals surface area contributed by atoms with Crippen LogP contribution in [0.25, 0.3) is 110 Å². The number of rotatable bonds is 5. The molecule has 0 atom stereocenters. The van der Waals surface area contributed by atoms with Crippen molar-refractivity contribution in [2.45, 2.75) is 0 Å². The van der Waals surface area contributed by atoms with Crippen LogP contribution < -0.4 is 5.56 Å². The van der Waals surface area contributed by atoms with E-state index in [0.717, 1.165) is 82.8 Å². The highest BCUT2D eigenvalue weighted by Crippen LogP contribution is 2.44. The van der Waals surface area contributed by atoms with Crippen molar-refractivity contribution < 1.29 is 0 Å². The molecule has 0 N–H and O–H groups in total. The van der Waals surface area contributed by atoms with Crippen LogP contribution in [0.4, 0.5) is 0 Å². The summed E-state index contributed by atoms with van der Waals surface area (Å²) in [5.74, 6) is 0. The molecule has 0 bridgehead atoms. The second-order valence-corrected chi connectivity index (χ2v) is 15.2. The fraction of sp³-hybridized carbons (Fsp3) is 0. The van der Waals surface area contributed by atoms with E-state index in [4.69, 9.17) is 0 Å². The average Bonchev–Trinajstić information content (AvgIpc) is 3.82. The maximum Gasteiger partial charge on any atom is 0.263 e. The maximum atomic E-state index is 14.8. The first kappa shape index (κ1) is 32.5. The van der Waals surface area contributed by atoms with Crippen molar-refractivity contribution in [1.82, 2.24) is 8.97 Å². The van der Waals surface area contributed by atoms with Gasteiger partial charge in [0.25, 0.3) is 5.56 Å². The molecule has 3 heterocycles. The molecule has 0 aliphatic carbocycles. The molecular formula is C55H34N2O. The Kier molecular flexibility index (Phi) is 7.08. The topological polar surface area (TPSA) is 26.4 Å². The Bertz CT molecular complexity index is 3580. The molecule has 0 fully saturated rings. The fourth-order valence-corrected chi connectivity index (χ4v) is 9.50. The molecule has 3 nitrogen and oxygen atoms in total. The lowest BCUT2D eigenvalue weighted by Gasteiger charge is -2.15. The molecule has 0 saturated heterocycles. The molecule has 0 amide bonds. The van der Waals surface area contributed by atoms with Crippen molar-refractivity contribution in [1.29, 1.82) is 0 Å². The van der Waals surface area contributed by atoms with Gasteiger partial charge in [0, 0.05) is 43.6 Å². The standard InChI is InChI=1S/C55H34N2O/c58-55-46-27-10-9-24-43(46)48-33-39(34-50-49-32-38(35-16-3-1-4-17-35)31-47(36-18-5-2-6-19-36)53(49)57(55)54(48)50)42-23-8-7-22-41(42)37-20-15-21-40(30-37)56-51-28-13-11-25-44(51)45-26-12-14-29-52(45)56/h1-34H. The first-order valence-corrected chi connectivity index (χ1v) is 19.8. The molecule has 0 spiro atoms. The van der Waals surface area contributed by atoms with Gasteiger partial charge in [0.2, 0.25) is 0 Å². The minimum absolute atomic E-state index is 0.00256. The minimum Gasteiger partial charge on any atom is -0.309 e. The Balaban J connectivity index is 1.15. The average molecular weight is 739 g/mol. The van der Waals surface area contributed by atoms with Crippen LogP contribution in [-0.2, 0) is 0 Å². The quantitative estimate of drug-likeness (QED) is 0.162. The van der Waals surface area contributed by atoms with Gasteiger partial charge in [0.05, 0.1) is 22.1 Å². The SMILES string of the molecule is O=c1c2ccccc2c2cc(-c3ccccc3-c3cccc(-n4c5ccccc5c5ccccc54)c3)cc3c4cc(-c5ccccc5)cc(-c5ccccc5)c4n1c23. The minimum atomic E-state index is 0.00256. The summed E-state index contributed by atoms with van der Waals surface area (Å²) in [7, 11) is 0. The van der Waals surface area contributed by atoms with Gasteiger partial charge in [-0.05, 0) is 98.9 Å². The molecule has 12 rings (SSSR count). The van der Waals surface area contributed by atoms with Gasteiger partial charge in [-0.3, -0.25) is 9.20 Å². The van der Waals surface area contributed by atoms with Crippen molar-refractivity contribution in [2.75, 3.05) is 0 Å². The summed E-state index contributed by atoms with van der Waals surface area (Å²) in [5.41, 5.74) is 14.3. The van der Waals surface area contributed by atoms with Crippen molar-refractivity contribution >= 4 is 59.8 Å². The zero-order valence-electron chi connectivity index (χ0n) is 31.4.